The standard InChI is InChI=1S/C14H10ClNO5/c1-8-5-6-10(16(19)20)12(7-8)21-11-4-2-3-9(15)13(11)14(17)18/h2-7H,1H3,(H,17,18). The van der Waals surface area contributed by atoms with Crippen LogP contribution in [0, 0.1) is 17.0 Å². The second kappa shape index (κ2) is 5.80. The first-order valence-electron chi connectivity index (χ1n) is 5.85. The third kappa shape index (κ3) is 3.11. The molecule has 0 atom stereocenters. The van der Waals surface area contributed by atoms with E-state index in [1.54, 1.807) is 13.0 Å². The molecule has 0 aliphatic carbocycles. The molecule has 0 aromatic heterocycles. The van der Waals surface area contributed by atoms with Crippen LogP contribution in [0.15, 0.2) is 36.4 Å². The molecule has 6 nitrogen and oxygen atoms in total. The average Bonchev–Trinajstić information content (AvgIpc) is 2.37. The molecule has 0 amide bonds. The number of aryl methyl sites for hydroxylation is 1. The van der Waals surface area contributed by atoms with E-state index < -0.39 is 10.9 Å². The molecular formula is C14H10ClNO5. The molecule has 7 heteroatoms. The monoisotopic (exact) mass is 307 g/mol. The summed E-state index contributed by atoms with van der Waals surface area (Å²) in [4.78, 5) is 21.6. The van der Waals surface area contributed by atoms with Crippen LogP contribution >= 0.6 is 11.6 Å². The molecule has 21 heavy (non-hydrogen) atoms. The van der Waals surface area contributed by atoms with E-state index in [9.17, 15) is 14.9 Å². The van der Waals surface area contributed by atoms with Crippen molar-refractivity contribution in [3.05, 3.63) is 62.7 Å². The van der Waals surface area contributed by atoms with E-state index in [4.69, 9.17) is 21.4 Å². The minimum atomic E-state index is -1.27. The number of hydrogen-bond donors (Lipinski definition) is 1. The molecule has 1 N–H and O–H groups in total. The highest BCUT2D eigenvalue weighted by molar-refractivity contribution is 6.33. The Morgan fingerprint density at radius 1 is 1.29 bits per heavy atom. The second-order valence-electron chi connectivity index (χ2n) is 4.25. The Balaban J connectivity index is 2.53. The Morgan fingerprint density at radius 2 is 2.00 bits per heavy atom. The highest BCUT2D eigenvalue weighted by atomic mass is 35.5. The number of carboxylic acids is 1. The van der Waals surface area contributed by atoms with Gasteiger partial charge in [0.05, 0.1) is 9.95 Å². The summed E-state index contributed by atoms with van der Waals surface area (Å²) in [5, 5.41) is 20.1. The number of halogens is 1. The number of hydrogen-bond acceptors (Lipinski definition) is 4. The summed E-state index contributed by atoms with van der Waals surface area (Å²) < 4.78 is 5.42. The van der Waals surface area contributed by atoms with Gasteiger partial charge in [0.25, 0.3) is 0 Å². The van der Waals surface area contributed by atoms with E-state index in [-0.39, 0.29) is 27.8 Å². The van der Waals surface area contributed by atoms with Crippen LogP contribution in [-0.2, 0) is 0 Å². The van der Waals surface area contributed by atoms with Crippen LogP contribution in [0.1, 0.15) is 15.9 Å². The Bertz CT molecular complexity index is 729. The van der Waals surface area contributed by atoms with Crippen molar-refractivity contribution in [1.82, 2.24) is 0 Å². The highest BCUT2D eigenvalue weighted by Gasteiger charge is 2.20. The summed E-state index contributed by atoms with van der Waals surface area (Å²) in [5.41, 5.74) is 0.251. The third-order valence-electron chi connectivity index (χ3n) is 2.72. The van der Waals surface area contributed by atoms with Crippen LogP contribution < -0.4 is 4.74 Å². The summed E-state index contributed by atoms with van der Waals surface area (Å²) >= 11 is 5.83. The van der Waals surface area contributed by atoms with Crippen LogP contribution in [-0.4, -0.2) is 16.0 Å². The zero-order valence-electron chi connectivity index (χ0n) is 10.9. The molecule has 0 heterocycles. The lowest BCUT2D eigenvalue weighted by Crippen LogP contribution is -2.02. The van der Waals surface area contributed by atoms with Gasteiger partial charge in [0.2, 0.25) is 5.75 Å². The maximum absolute atomic E-state index is 11.2. The van der Waals surface area contributed by atoms with Crippen molar-refractivity contribution < 1.29 is 19.6 Å². The fourth-order valence-electron chi connectivity index (χ4n) is 1.77. The van der Waals surface area contributed by atoms with Gasteiger partial charge in [0.1, 0.15) is 11.3 Å². The van der Waals surface area contributed by atoms with Gasteiger partial charge in [-0.3, -0.25) is 10.1 Å². The molecule has 0 radical (unpaired) electrons. The fraction of sp³-hybridized carbons (Fsp3) is 0.0714. The number of nitro benzene ring substituents is 1. The van der Waals surface area contributed by atoms with Gasteiger partial charge in [-0.1, -0.05) is 23.7 Å². The Kier molecular flexibility index (Phi) is 4.09. The first kappa shape index (κ1) is 14.8. The van der Waals surface area contributed by atoms with Crippen LogP contribution in [0.3, 0.4) is 0 Å². The van der Waals surface area contributed by atoms with Gasteiger partial charge in [0.15, 0.2) is 0 Å². The van der Waals surface area contributed by atoms with Crippen LogP contribution in [0.5, 0.6) is 11.5 Å². The molecule has 0 aliphatic rings. The maximum Gasteiger partial charge on any atom is 0.341 e. The molecule has 0 aliphatic heterocycles. The van der Waals surface area contributed by atoms with Gasteiger partial charge < -0.3 is 9.84 Å². The summed E-state index contributed by atoms with van der Waals surface area (Å²) in [6.07, 6.45) is 0. The predicted molar refractivity (Wildman–Crippen MR) is 76.3 cm³/mol. The molecule has 0 bridgehead atoms. The van der Waals surface area contributed by atoms with Gasteiger partial charge in [-0.05, 0) is 30.7 Å². The second-order valence-corrected chi connectivity index (χ2v) is 4.66. The Hall–Kier alpha value is -2.60. The van der Waals surface area contributed by atoms with Gasteiger partial charge in [0, 0.05) is 6.07 Å². The van der Waals surface area contributed by atoms with Crippen molar-refractivity contribution in [2.75, 3.05) is 0 Å². The van der Waals surface area contributed by atoms with E-state index in [0.717, 1.165) is 5.56 Å². The van der Waals surface area contributed by atoms with E-state index in [0.29, 0.717) is 0 Å². The Labute approximate surface area is 124 Å². The number of benzene rings is 2. The molecule has 2 aromatic rings. The molecule has 2 aromatic carbocycles. The zero-order valence-corrected chi connectivity index (χ0v) is 11.6. The van der Waals surface area contributed by atoms with Gasteiger partial charge >= 0.3 is 11.7 Å². The minimum absolute atomic E-state index is 0.00435. The highest BCUT2D eigenvalue weighted by Crippen LogP contribution is 2.35. The molecular weight excluding hydrogens is 298 g/mol. The molecule has 0 unspecified atom stereocenters. The van der Waals surface area contributed by atoms with Crippen molar-refractivity contribution in [2.24, 2.45) is 0 Å². The zero-order chi connectivity index (χ0) is 15.6. The first-order valence-corrected chi connectivity index (χ1v) is 6.22. The van der Waals surface area contributed by atoms with E-state index >= 15 is 0 Å². The number of carboxylic acid groups (broad SMARTS) is 1. The number of nitro groups is 1. The SMILES string of the molecule is Cc1ccc([N+](=O)[O-])c(Oc2cccc(Cl)c2C(=O)O)c1. The number of aromatic carboxylic acids is 1. The number of carbonyl (C=O) groups is 1. The molecule has 2 rings (SSSR count). The number of ether oxygens (including phenoxy) is 1. The van der Waals surface area contributed by atoms with Crippen LogP contribution in [0.25, 0.3) is 0 Å². The van der Waals surface area contributed by atoms with Crippen LogP contribution in [0.4, 0.5) is 5.69 Å². The third-order valence-corrected chi connectivity index (χ3v) is 3.04. The lowest BCUT2D eigenvalue weighted by Gasteiger charge is -2.10. The Morgan fingerprint density at radius 3 is 2.62 bits per heavy atom. The van der Waals surface area contributed by atoms with Crippen molar-refractivity contribution in [3.63, 3.8) is 0 Å². The summed E-state index contributed by atoms with van der Waals surface area (Å²) in [5.74, 6) is -1.36. The molecule has 0 saturated carbocycles. The lowest BCUT2D eigenvalue weighted by atomic mass is 10.2. The van der Waals surface area contributed by atoms with Crippen molar-refractivity contribution in [1.29, 1.82) is 0 Å². The largest absolute Gasteiger partial charge is 0.478 e. The van der Waals surface area contributed by atoms with Crippen molar-refractivity contribution in [3.8, 4) is 11.5 Å². The minimum Gasteiger partial charge on any atom is -0.478 e. The van der Waals surface area contributed by atoms with Gasteiger partial charge in [-0.25, -0.2) is 4.79 Å². The van der Waals surface area contributed by atoms with Gasteiger partial charge in [-0.15, -0.1) is 0 Å². The molecule has 108 valence electrons. The fourth-order valence-corrected chi connectivity index (χ4v) is 2.02. The average molecular weight is 308 g/mol. The maximum atomic E-state index is 11.2. The number of nitrogens with zero attached hydrogens (tertiary/aromatic N) is 1. The summed E-state index contributed by atoms with van der Waals surface area (Å²) in [6.45, 7) is 1.74. The molecule has 0 fully saturated rings. The van der Waals surface area contributed by atoms with Gasteiger partial charge in [-0.2, -0.15) is 0 Å². The normalized spacial score (nSPS) is 10.2. The molecule has 0 saturated heterocycles. The summed E-state index contributed by atoms with van der Waals surface area (Å²) in [7, 11) is 0. The molecule has 0 spiro atoms. The van der Waals surface area contributed by atoms with Crippen molar-refractivity contribution >= 4 is 23.3 Å². The lowest BCUT2D eigenvalue weighted by molar-refractivity contribution is -0.385. The summed E-state index contributed by atoms with van der Waals surface area (Å²) in [6, 6.07) is 8.64. The first-order chi connectivity index (χ1) is 9.90. The predicted octanol–water partition coefficient (Wildman–Crippen LogP) is 4.05. The van der Waals surface area contributed by atoms with E-state index in [2.05, 4.69) is 0 Å². The van der Waals surface area contributed by atoms with Crippen molar-refractivity contribution in [2.45, 2.75) is 6.92 Å². The van der Waals surface area contributed by atoms with E-state index in [1.165, 1.54) is 30.3 Å². The number of rotatable bonds is 4. The topological polar surface area (TPSA) is 89.7 Å². The van der Waals surface area contributed by atoms with Crippen LogP contribution in [0.2, 0.25) is 5.02 Å². The quantitative estimate of drug-likeness (QED) is 0.680. The van der Waals surface area contributed by atoms with E-state index in [1.807, 2.05) is 0 Å². The smallest absolute Gasteiger partial charge is 0.341 e.